The van der Waals surface area contributed by atoms with E-state index in [2.05, 4.69) is 13.8 Å². The van der Waals surface area contributed by atoms with Gasteiger partial charge in [0.25, 0.3) is 0 Å². The molecule has 0 radical (unpaired) electrons. The van der Waals surface area contributed by atoms with E-state index in [-0.39, 0.29) is 12.1 Å². The van der Waals surface area contributed by atoms with Gasteiger partial charge in [-0.15, -0.1) is 0 Å². The van der Waals surface area contributed by atoms with Crippen LogP contribution < -0.4 is 6.15 Å². The molecule has 0 fully saturated rings. The van der Waals surface area contributed by atoms with Gasteiger partial charge in [-0.2, -0.15) is 0 Å². The van der Waals surface area contributed by atoms with Gasteiger partial charge in [0.2, 0.25) is 0 Å². The number of carbonyl (C=O) groups excluding carboxylic acids is 1. The summed E-state index contributed by atoms with van der Waals surface area (Å²) in [5.74, 6) is 0.0225. The highest BCUT2D eigenvalue weighted by Gasteiger charge is 2.02. The molecule has 0 spiro atoms. The van der Waals surface area contributed by atoms with Crippen molar-refractivity contribution in [2.24, 2.45) is 0 Å². The van der Waals surface area contributed by atoms with E-state index in [1.54, 1.807) is 0 Å². The van der Waals surface area contributed by atoms with Crippen molar-refractivity contribution in [3.63, 3.8) is 0 Å². The molecule has 0 aromatic heterocycles. The first kappa shape index (κ1) is 33.6. The Labute approximate surface area is 202 Å². The molecule has 3 nitrogen and oxygen atoms in total. The zero-order valence-corrected chi connectivity index (χ0v) is 22.4. The van der Waals surface area contributed by atoms with Crippen LogP contribution in [0.2, 0.25) is 0 Å². The minimum absolute atomic E-state index is 0. The quantitative estimate of drug-likeness (QED) is 0.104. The molecule has 0 saturated carbocycles. The Morgan fingerprint density at radius 1 is 0.438 bits per heavy atom. The monoisotopic (exact) mass is 455 g/mol. The molecule has 0 aliphatic carbocycles. The Kier molecular flexibility index (Phi) is 32.0. The van der Waals surface area contributed by atoms with Crippen LogP contribution in [-0.4, -0.2) is 12.6 Å². The Bertz CT molecular complexity index is 346. The largest absolute Gasteiger partial charge is 0.466 e. The van der Waals surface area contributed by atoms with Crippen molar-refractivity contribution in [3.05, 3.63) is 0 Å². The first-order valence-corrected chi connectivity index (χ1v) is 14.5. The van der Waals surface area contributed by atoms with E-state index in [4.69, 9.17) is 4.74 Å². The fourth-order valence-corrected chi connectivity index (χ4v) is 4.31. The maximum atomic E-state index is 11.8. The van der Waals surface area contributed by atoms with Gasteiger partial charge in [-0.05, 0) is 12.8 Å². The van der Waals surface area contributed by atoms with Gasteiger partial charge in [-0.25, -0.2) is 0 Å². The highest BCUT2D eigenvalue weighted by molar-refractivity contribution is 5.69. The summed E-state index contributed by atoms with van der Waals surface area (Å²) in [6, 6.07) is 0. The minimum Gasteiger partial charge on any atom is -0.466 e. The van der Waals surface area contributed by atoms with Crippen molar-refractivity contribution in [2.45, 2.75) is 174 Å². The fourth-order valence-electron chi connectivity index (χ4n) is 4.31. The highest BCUT2D eigenvalue weighted by atomic mass is 16.5. The second-order valence-electron chi connectivity index (χ2n) is 9.75. The molecule has 0 bridgehead atoms. The first-order valence-electron chi connectivity index (χ1n) is 14.5. The van der Waals surface area contributed by atoms with Gasteiger partial charge in [0, 0.05) is 6.42 Å². The third kappa shape index (κ3) is 29.4. The third-order valence-corrected chi connectivity index (χ3v) is 6.50. The highest BCUT2D eigenvalue weighted by Crippen LogP contribution is 2.14. The van der Waals surface area contributed by atoms with E-state index in [0.717, 1.165) is 12.8 Å². The number of rotatable bonds is 26. The first-order chi connectivity index (χ1) is 15.3. The van der Waals surface area contributed by atoms with E-state index >= 15 is 0 Å². The Morgan fingerprint density at radius 2 is 0.719 bits per heavy atom. The molecule has 0 heterocycles. The van der Waals surface area contributed by atoms with Crippen LogP contribution in [-0.2, 0) is 9.53 Å². The molecule has 0 aromatic rings. The van der Waals surface area contributed by atoms with Gasteiger partial charge in [-0.3, -0.25) is 4.79 Å². The predicted molar refractivity (Wildman–Crippen MR) is 143 cm³/mol. The summed E-state index contributed by atoms with van der Waals surface area (Å²) in [6.45, 7) is 5.18. The zero-order chi connectivity index (χ0) is 22.7. The van der Waals surface area contributed by atoms with Crippen LogP contribution in [0, 0.1) is 0 Å². The number of esters is 1. The van der Waals surface area contributed by atoms with E-state index < -0.39 is 0 Å². The molecule has 194 valence electrons. The topological polar surface area (TPSA) is 61.3 Å². The normalized spacial score (nSPS) is 10.8. The van der Waals surface area contributed by atoms with Crippen molar-refractivity contribution in [1.82, 2.24) is 6.15 Å². The molecule has 0 aliphatic rings. The third-order valence-electron chi connectivity index (χ3n) is 6.50. The summed E-state index contributed by atoms with van der Waals surface area (Å²) in [5.41, 5.74) is 0. The molecule has 3 heteroatoms. The van der Waals surface area contributed by atoms with Crippen molar-refractivity contribution in [2.75, 3.05) is 6.61 Å². The molecule has 0 aromatic carbocycles. The average Bonchev–Trinajstić information content (AvgIpc) is 2.77. The van der Waals surface area contributed by atoms with E-state index in [1.807, 2.05) is 0 Å². The predicted octanol–water partition coefficient (Wildman–Crippen LogP) is 10.5. The van der Waals surface area contributed by atoms with Crippen molar-refractivity contribution in [3.8, 4) is 0 Å². The summed E-state index contributed by atoms with van der Waals surface area (Å²) in [5, 5.41) is 0. The van der Waals surface area contributed by atoms with Crippen LogP contribution in [0.15, 0.2) is 0 Å². The van der Waals surface area contributed by atoms with Crippen LogP contribution in [0.5, 0.6) is 0 Å². The fraction of sp³-hybridized carbons (Fsp3) is 0.966. The summed E-state index contributed by atoms with van der Waals surface area (Å²) in [7, 11) is 0. The number of hydrogen-bond acceptors (Lipinski definition) is 3. The zero-order valence-electron chi connectivity index (χ0n) is 22.4. The number of carbonyl (C=O) groups is 1. The molecule has 0 amide bonds. The van der Waals surface area contributed by atoms with Crippen LogP contribution in [0.25, 0.3) is 0 Å². The van der Waals surface area contributed by atoms with Crippen molar-refractivity contribution >= 4 is 5.97 Å². The number of hydrogen-bond donors (Lipinski definition) is 1. The molecular formula is C29H61NO2. The lowest BCUT2D eigenvalue weighted by Gasteiger charge is -2.06. The summed E-state index contributed by atoms with van der Waals surface area (Å²) >= 11 is 0. The van der Waals surface area contributed by atoms with E-state index in [9.17, 15) is 4.79 Å². The second-order valence-corrected chi connectivity index (χ2v) is 9.75. The van der Waals surface area contributed by atoms with Gasteiger partial charge < -0.3 is 10.9 Å². The van der Waals surface area contributed by atoms with Crippen molar-refractivity contribution in [1.29, 1.82) is 0 Å². The summed E-state index contributed by atoms with van der Waals surface area (Å²) in [6.07, 6.45) is 32.8. The minimum atomic E-state index is 0. The second kappa shape index (κ2) is 30.4. The van der Waals surface area contributed by atoms with Crippen LogP contribution >= 0.6 is 0 Å². The van der Waals surface area contributed by atoms with Gasteiger partial charge in [0.05, 0.1) is 6.61 Å². The molecule has 0 rings (SSSR count). The smallest absolute Gasteiger partial charge is 0.305 e. The summed E-state index contributed by atoms with van der Waals surface area (Å²) < 4.78 is 5.38. The Hall–Kier alpha value is -0.570. The maximum Gasteiger partial charge on any atom is 0.305 e. The number of unbranched alkanes of at least 4 members (excludes halogenated alkanes) is 22. The van der Waals surface area contributed by atoms with Gasteiger partial charge in [-0.1, -0.05) is 155 Å². The average molecular weight is 456 g/mol. The van der Waals surface area contributed by atoms with Crippen LogP contribution in [0.1, 0.15) is 174 Å². The summed E-state index contributed by atoms with van der Waals surface area (Å²) in [4.78, 5) is 11.8. The molecule has 3 N–H and O–H groups in total. The Balaban J connectivity index is 0. The maximum absolute atomic E-state index is 11.8. The standard InChI is InChI=1S/C29H58O2.H3N/c1-3-5-7-9-11-13-14-15-16-17-18-19-21-23-25-27-29(30)31-28-26-24-22-20-12-10-8-6-4-2;/h3-28H2,1-2H3;1H3. The number of ether oxygens (including phenoxy) is 1. The van der Waals surface area contributed by atoms with Crippen LogP contribution in [0.4, 0.5) is 0 Å². The lowest BCUT2D eigenvalue weighted by Crippen LogP contribution is -2.05. The molecule has 0 aliphatic heterocycles. The van der Waals surface area contributed by atoms with Gasteiger partial charge >= 0.3 is 5.97 Å². The van der Waals surface area contributed by atoms with Gasteiger partial charge in [0.1, 0.15) is 0 Å². The molecule has 0 unspecified atom stereocenters. The molecule has 0 atom stereocenters. The SMILES string of the molecule is CCCCCCCCCCCCCCCCCC(=O)OCCCCCCCCCCC.N. The molecular weight excluding hydrogens is 394 g/mol. The van der Waals surface area contributed by atoms with E-state index in [0.29, 0.717) is 13.0 Å². The van der Waals surface area contributed by atoms with E-state index in [1.165, 1.54) is 141 Å². The molecule has 0 saturated heterocycles. The lowest BCUT2D eigenvalue weighted by molar-refractivity contribution is -0.143. The molecule has 32 heavy (non-hydrogen) atoms. The Morgan fingerprint density at radius 3 is 1.06 bits per heavy atom. The lowest BCUT2D eigenvalue weighted by atomic mass is 10.0. The van der Waals surface area contributed by atoms with Gasteiger partial charge in [0.15, 0.2) is 0 Å². The van der Waals surface area contributed by atoms with Crippen molar-refractivity contribution < 1.29 is 9.53 Å². The van der Waals surface area contributed by atoms with Crippen LogP contribution in [0.3, 0.4) is 0 Å².